The second-order valence-electron chi connectivity index (χ2n) is 8.22. The van der Waals surface area contributed by atoms with E-state index in [4.69, 9.17) is 16.6 Å². The zero-order valence-electron chi connectivity index (χ0n) is 16.8. The van der Waals surface area contributed by atoms with Crippen LogP contribution < -0.4 is 5.56 Å². The third-order valence-corrected chi connectivity index (χ3v) is 7.51. The quantitative estimate of drug-likeness (QED) is 0.629. The average Bonchev–Trinajstić information content (AvgIpc) is 3.45. The fourth-order valence-corrected chi connectivity index (χ4v) is 5.49. The molecule has 1 atom stereocenters. The minimum atomic E-state index is -1.32. The molecule has 1 amide bonds. The van der Waals surface area contributed by atoms with Crippen molar-refractivity contribution in [2.24, 2.45) is 0 Å². The number of aromatic nitrogens is 2. The molecule has 31 heavy (non-hydrogen) atoms. The summed E-state index contributed by atoms with van der Waals surface area (Å²) >= 11 is 7.69. The molecular weight excluding hydrogens is 434 g/mol. The summed E-state index contributed by atoms with van der Waals surface area (Å²) in [7, 11) is 0. The number of carbonyl (C=O) groups is 1. The zero-order chi connectivity index (χ0) is 21.6. The molecule has 1 aromatic carbocycles. The number of hydrogen-bond acceptors (Lipinski definition) is 5. The van der Waals surface area contributed by atoms with E-state index in [2.05, 4.69) is 11.1 Å². The number of aliphatic hydroxyl groups excluding tert-OH is 1. The number of aliphatic hydroxyl groups is 1. The van der Waals surface area contributed by atoms with Gasteiger partial charge in [0.15, 0.2) is 6.10 Å². The van der Waals surface area contributed by atoms with Gasteiger partial charge in [-0.25, -0.2) is 4.98 Å². The molecule has 0 radical (unpaired) electrons. The average molecular weight is 456 g/mol. The van der Waals surface area contributed by atoms with E-state index in [1.807, 2.05) is 11.4 Å². The van der Waals surface area contributed by atoms with Crippen LogP contribution in [-0.4, -0.2) is 32.4 Å². The van der Waals surface area contributed by atoms with Gasteiger partial charge in [-0.3, -0.25) is 9.59 Å². The van der Waals surface area contributed by atoms with Crippen molar-refractivity contribution in [1.29, 1.82) is 0 Å². The van der Waals surface area contributed by atoms with Crippen LogP contribution in [0.1, 0.15) is 52.9 Å². The van der Waals surface area contributed by atoms with Crippen molar-refractivity contribution in [1.82, 2.24) is 14.9 Å². The molecule has 8 heteroatoms. The predicted octanol–water partition coefficient (Wildman–Crippen LogP) is 3.57. The third-order valence-electron chi connectivity index (χ3n) is 6.20. The van der Waals surface area contributed by atoms with Gasteiger partial charge in [-0.1, -0.05) is 29.8 Å². The smallest absolute Gasteiger partial charge is 0.256 e. The molecule has 1 unspecified atom stereocenters. The molecule has 3 heterocycles. The van der Waals surface area contributed by atoms with E-state index in [0.29, 0.717) is 35.5 Å². The van der Waals surface area contributed by atoms with Gasteiger partial charge in [0.05, 0.1) is 23.2 Å². The SMILES string of the molecule is O=C(C(O)c1cccc(Cl)c1)N1CCCc2nc(C3(c4cccs4)CC3)[nH]c(=O)c2C1. The summed E-state index contributed by atoms with van der Waals surface area (Å²) in [6, 6.07) is 10.8. The summed E-state index contributed by atoms with van der Waals surface area (Å²) in [6.45, 7) is 0.595. The van der Waals surface area contributed by atoms with Crippen molar-refractivity contribution < 1.29 is 9.90 Å². The van der Waals surface area contributed by atoms with Crippen LogP contribution in [-0.2, 0) is 23.2 Å². The van der Waals surface area contributed by atoms with Crippen molar-refractivity contribution in [2.45, 2.75) is 43.7 Å². The minimum absolute atomic E-state index is 0.139. The predicted molar refractivity (Wildman–Crippen MR) is 119 cm³/mol. The number of nitrogens with one attached hydrogen (secondary N) is 1. The van der Waals surface area contributed by atoms with Crippen LogP contribution in [0.5, 0.6) is 0 Å². The number of carbonyl (C=O) groups excluding carboxylic acids is 1. The lowest BCUT2D eigenvalue weighted by molar-refractivity contribution is -0.141. The maximum atomic E-state index is 13.0. The zero-order valence-corrected chi connectivity index (χ0v) is 18.4. The van der Waals surface area contributed by atoms with Gasteiger partial charge in [-0.2, -0.15) is 0 Å². The van der Waals surface area contributed by atoms with Crippen molar-refractivity contribution in [2.75, 3.05) is 6.54 Å². The first-order chi connectivity index (χ1) is 15.0. The summed E-state index contributed by atoms with van der Waals surface area (Å²) in [5, 5.41) is 13.1. The number of H-pyrrole nitrogens is 1. The van der Waals surface area contributed by atoms with Gasteiger partial charge in [-0.15, -0.1) is 11.3 Å². The second kappa shape index (κ2) is 7.89. The summed E-state index contributed by atoms with van der Waals surface area (Å²) in [5.41, 5.74) is 1.34. The number of halogens is 1. The molecule has 0 spiro atoms. The van der Waals surface area contributed by atoms with Crippen LogP contribution >= 0.6 is 22.9 Å². The number of aromatic amines is 1. The largest absolute Gasteiger partial charge is 0.378 e. The van der Waals surface area contributed by atoms with Gasteiger partial charge in [0.25, 0.3) is 11.5 Å². The number of thiophene rings is 1. The number of amides is 1. The molecule has 0 bridgehead atoms. The van der Waals surface area contributed by atoms with E-state index >= 15 is 0 Å². The molecule has 1 saturated carbocycles. The van der Waals surface area contributed by atoms with Crippen LogP contribution in [0.3, 0.4) is 0 Å². The highest BCUT2D eigenvalue weighted by Crippen LogP contribution is 2.53. The fraction of sp³-hybridized carbons (Fsp3) is 0.348. The molecule has 5 rings (SSSR count). The van der Waals surface area contributed by atoms with Crippen LogP contribution in [0.15, 0.2) is 46.6 Å². The van der Waals surface area contributed by atoms with E-state index in [0.717, 1.165) is 24.4 Å². The number of aryl methyl sites for hydroxylation is 1. The van der Waals surface area contributed by atoms with Crippen molar-refractivity contribution in [3.05, 3.63) is 84.7 Å². The summed E-state index contributed by atoms with van der Waals surface area (Å²) < 4.78 is 0. The first kappa shape index (κ1) is 20.4. The van der Waals surface area contributed by atoms with E-state index < -0.39 is 12.0 Å². The van der Waals surface area contributed by atoms with E-state index in [9.17, 15) is 14.7 Å². The van der Waals surface area contributed by atoms with Crippen LogP contribution in [0.4, 0.5) is 0 Å². The molecule has 6 nitrogen and oxygen atoms in total. The molecule has 2 aliphatic rings. The van der Waals surface area contributed by atoms with Crippen molar-refractivity contribution in [3.63, 3.8) is 0 Å². The molecule has 160 valence electrons. The monoisotopic (exact) mass is 455 g/mol. The molecule has 1 fully saturated rings. The standard InChI is InChI=1S/C23H22ClN3O3S/c24-15-5-1-4-14(12-15)19(28)21(30)27-10-2-6-17-16(13-27)20(29)26-22(25-17)23(8-9-23)18-7-3-11-31-18/h1,3-5,7,11-12,19,28H,2,6,8-10,13H2,(H,25,26,29). The van der Waals surface area contributed by atoms with Crippen LogP contribution in [0.25, 0.3) is 0 Å². The first-order valence-electron chi connectivity index (χ1n) is 10.4. The highest BCUT2D eigenvalue weighted by Gasteiger charge is 2.49. The second-order valence-corrected chi connectivity index (χ2v) is 9.60. The van der Waals surface area contributed by atoms with E-state index in [1.165, 1.54) is 4.88 Å². The van der Waals surface area contributed by atoms with Gasteiger partial charge in [0, 0.05) is 16.4 Å². The molecular formula is C23H22ClN3O3S. The van der Waals surface area contributed by atoms with Gasteiger partial charge in [0.1, 0.15) is 5.82 Å². The lowest BCUT2D eigenvalue weighted by atomic mass is 10.0. The fourth-order valence-electron chi connectivity index (χ4n) is 4.30. The van der Waals surface area contributed by atoms with Gasteiger partial charge < -0.3 is 15.0 Å². The third kappa shape index (κ3) is 3.71. The maximum Gasteiger partial charge on any atom is 0.256 e. The Morgan fingerprint density at radius 3 is 2.84 bits per heavy atom. The Kier molecular flexibility index (Phi) is 5.20. The Morgan fingerprint density at radius 2 is 2.13 bits per heavy atom. The highest BCUT2D eigenvalue weighted by atomic mass is 35.5. The Bertz CT molecular complexity index is 1190. The van der Waals surface area contributed by atoms with Gasteiger partial charge in [-0.05, 0) is 54.8 Å². The molecule has 2 aromatic heterocycles. The molecule has 0 saturated heterocycles. The lowest BCUT2D eigenvalue weighted by Crippen LogP contribution is -2.36. The van der Waals surface area contributed by atoms with Crippen molar-refractivity contribution in [3.8, 4) is 0 Å². The normalized spacial score (nSPS) is 18.2. The first-order valence-corrected chi connectivity index (χ1v) is 11.6. The van der Waals surface area contributed by atoms with E-state index in [-0.39, 0.29) is 17.5 Å². The number of nitrogens with zero attached hydrogens (tertiary/aromatic N) is 2. The van der Waals surface area contributed by atoms with Gasteiger partial charge in [0.2, 0.25) is 0 Å². The highest BCUT2D eigenvalue weighted by molar-refractivity contribution is 7.10. The number of rotatable bonds is 4. The Hall–Kier alpha value is -2.48. The molecule has 3 aromatic rings. The Labute approximate surface area is 188 Å². The van der Waals surface area contributed by atoms with Crippen LogP contribution in [0.2, 0.25) is 5.02 Å². The van der Waals surface area contributed by atoms with Gasteiger partial charge >= 0.3 is 0 Å². The molecule has 1 aliphatic carbocycles. The molecule has 1 aliphatic heterocycles. The lowest BCUT2D eigenvalue weighted by Gasteiger charge is -2.24. The number of benzene rings is 1. The summed E-state index contributed by atoms with van der Waals surface area (Å²) in [4.78, 5) is 36.6. The van der Waals surface area contributed by atoms with Crippen LogP contribution in [0, 0.1) is 0 Å². The maximum absolute atomic E-state index is 13.0. The van der Waals surface area contributed by atoms with Crippen molar-refractivity contribution >= 4 is 28.8 Å². The van der Waals surface area contributed by atoms with E-state index in [1.54, 1.807) is 40.5 Å². The molecule has 2 N–H and O–H groups in total. The topological polar surface area (TPSA) is 86.3 Å². The summed E-state index contributed by atoms with van der Waals surface area (Å²) in [6.07, 6.45) is 1.95. The Morgan fingerprint density at radius 1 is 1.29 bits per heavy atom. The number of hydrogen-bond donors (Lipinski definition) is 2. The minimum Gasteiger partial charge on any atom is -0.378 e. The number of fused-ring (bicyclic) bond motifs is 1. The Balaban J connectivity index is 1.43. The summed E-state index contributed by atoms with van der Waals surface area (Å²) in [5.74, 6) is 0.299.